The van der Waals surface area contributed by atoms with Gasteiger partial charge in [0.1, 0.15) is 30.2 Å². The summed E-state index contributed by atoms with van der Waals surface area (Å²) >= 11 is 0. The fraction of sp³-hybridized carbons (Fsp3) is 0.267. The molecule has 0 unspecified atom stereocenters. The van der Waals surface area contributed by atoms with Crippen molar-refractivity contribution in [1.29, 1.82) is 0 Å². The Hall–Kier alpha value is -5.46. The standard InChI is InChI=1S/C30H31N9O4/c1-19-28-36-26(20-6-4-3-5-7-20)37-39(28)14-15-43-24-16-21(8-9-23(24)42-2)30(41)32-12-13-38(17-25(40)35-19)29-22-10-11-31-27(22)33-18-34-29/h3-11,16,18-19H,12-15,17H2,1-2H3,(H,32,41)(H,35,40)(H,31,33,34)/t19-/m1/s1. The second-order valence-corrected chi connectivity index (χ2v) is 10.0. The van der Waals surface area contributed by atoms with E-state index in [1.165, 1.54) is 6.33 Å². The number of nitrogens with zero attached hydrogens (tertiary/aromatic N) is 6. The van der Waals surface area contributed by atoms with Crippen molar-refractivity contribution in [2.45, 2.75) is 19.5 Å². The van der Waals surface area contributed by atoms with Crippen molar-refractivity contribution in [3.63, 3.8) is 0 Å². The highest BCUT2D eigenvalue weighted by Gasteiger charge is 2.23. The minimum atomic E-state index is -0.467. The second-order valence-electron chi connectivity index (χ2n) is 10.0. The summed E-state index contributed by atoms with van der Waals surface area (Å²) in [5.41, 5.74) is 1.93. The number of H-pyrrole nitrogens is 1. The molecule has 2 aromatic carbocycles. The highest BCUT2D eigenvalue weighted by Crippen LogP contribution is 2.29. The third-order valence-corrected chi connectivity index (χ3v) is 7.12. The van der Waals surface area contributed by atoms with Crippen LogP contribution in [-0.2, 0) is 11.3 Å². The molecule has 0 aliphatic carbocycles. The number of benzene rings is 2. The molecule has 13 heteroatoms. The molecule has 1 aliphatic heterocycles. The molecule has 5 aromatic rings. The Kier molecular flexibility index (Phi) is 7.85. The molecule has 0 spiro atoms. The zero-order valence-electron chi connectivity index (χ0n) is 23.8. The average molecular weight is 582 g/mol. The van der Waals surface area contributed by atoms with E-state index < -0.39 is 6.04 Å². The maximum absolute atomic E-state index is 13.5. The lowest BCUT2D eigenvalue weighted by molar-refractivity contribution is -0.120. The molecular formula is C30H31N9O4. The Morgan fingerprint density at radius 2 is 1.88 bits per heavy atom. The van der Waals surface area contributed by atoms with Gasteiger partial charge in [-0.05, 0) is 31.2 Å². The fourth-order valence-electron chi connectivity index (χ4n) is 5.02. The van der Waals surface area contributed by atoms with Crippen molar-refractivity contribution in [2.75, 3.05) is 38.3 Å². The minimum Gasteiger partial charge on any atom is -0.493 e. The van der Waals surface area contributed by atoms with Crippen LogP contribution in [0.1, 0.15) is 29.1 Å². The normalized spacial score (nSPS) is 16.5. The minimum absolute atomic E-state index is 0.00697. The Morgan fingerprint density at radius 1 is 1.02 bits per heavy atom. The SMILES string of the molecule is COc1ccc2cc1OCCn1nc(-c3ccccc3)nc1[C@@H](C)NC(=O)CN(c1ncnc3[nH]ccc13)CCNC2=O. The van der Waals surface area contributed by atoms with E-state index in [0.29, 0.717) is 53.3 Å². The lowest BCUT2D eigenvalue weighted by Crippen LogP contribution is -2.42. The maximum atomic E-state index is 13.5. The molecule has 2 bridgehead atoms. The maximum Gasteiger partial charge on any atom is 0.251 e. The molecule has 0 fully saturated rings. The molecule has 0 saturated heterocycles. The van der Waals surface area contributed by atoms with Crippen molar-refractivity contribution in [2.24, 2.45) is 0 Å². The number of ether oxygens (including phenoxy) is 2. The van der Waals surface area contributed by atoms with Gasteiger partial charge < -0.3 is 30.0 Å². The van der Waals surface area contributed by atoms with Crippen LogP contribution in [0.5, 0.6) is 11.5 Å². The van der Waals surface area contributed by atoms with E-state index in [2.05, 4.69) is 25.6 Å². The Balaban J connectivity index is 1.36. The quantitative estimate of drug-likeness (QED) is 0.292. The van der Waals surface area contributed by atoms with Gasteiger partial charge in [0.05, 0.1) is 31.6 Å². The Bertz CT molecular complexity index is 1750. The zero-order chi connectivity index (χ0) is 29.8. The number of hydrogen-bond donors (Lipinski definition) is 3. The number of hydrogen-bond acceptors (Lipinski definition) is 9. The number of anilines is 1. The molecule has 6 rings (SSSR count). The monoisotopic (exact) mass is 581 g/mol. The summed E-state index contributed by atoms with van der Waals surface area (Å²) in [7, 11) is 1.55. The van der Waals surface area contributed by atoms with Crippen LogP contribution in [0.2, 0.25) is 0 Å². The van der Waals surface area contributed by atoms with E-state index in [4.69, 9.17) is 19.6 Å². The first kappa shape index (κ1) is 27.7. The van der Waals surface area contributed by atoms with Gasteiger partial charge in [-0.15, -0.1) is 0 Å². The summed E-state index contributed by atoms with van der Waals surface area (Å²) in [4.78, 5) is 45.0. The van der Waals surface area contributed by atoms with Crippen molar-refractivity contribution in [3.8, 4) is 22.9 Å². The number of aromatic nitrogens is 6. The first-order chi connectivity index (χ1) is 21.0. The number of amides is 2. The summed E-state index contributed by atoms with van der Waals surface area (Å²) in [5.74, 6) is 2.12. The molecule has 1 atom stereocenters. The molecule has 1 aliphatic rings. The summed E-state index contributed by atoms with van der Waals surface area (Å²) in [6.45, 7) is 3.00. The van der Waals surface area contributed by atoms with Crippen LogP contribution >= 0.6 is 0 Å². The van der Waals surface area contributed by atoms with Crippen LogP contribution < -0.4 is 25.0 Å². The molecule has 2 amide bonds. The van der Waals surface area contributed by atoms with Crippen molar-refractivity contribution in [1.82, 2.24) is 40.3 Å². The summed E-state index contributed by atoms with van der Waals surface area (Å²) in [6.07, 6.45) is 3.22. The van der Waals surface area contributed by atoms with E-state index in [1.807, 2.05) is 48.2 Å². The van der Waals surface area contributed by atoms with Gasteiger partial charge in [-0.2, -0.15) is 5.10 Å². The lowest BCUT2D eigenvalue weighted by Gasteiger charge is -2.25. The van der Waals surface area contributed by atoms with Gasteiger partial charge in [-0.1, -0.05) is 30.3 Å². The van der Waals surface area contributed by atoms with Gasteiger partial charge >= 0.3 is 0 Å². The van der Waals surface area contributed by atoms with Crippen molar-refractivity contribution >= 4 is 28.7 Å². The van der Waals surface area contributed by atoms with Crippen molar-refractivity contribution < 1.29 is 19.1 Å². The topological polar surface area (TPSA) is 152 Å². The van der Waals surface area contributed by atoms with E-state index in [1.54, 1.807) is 36.2 Å². The smallest absolute Gasteiger partial charge is 0.251 e. The summed E-state index contributed by atoms with van der Waals surface area (Å²) in [6, 6.07) is 16.1. The van der Waals surface area contributed by atoms with Gasteiger partial charge in [0.2, 0.25) is 5.91 Å². The molecule has 220 valence electrons. The van der Waals surface area contributed by atoms with E-state index in [-0.39, 0.29) is 31.5 Å². The number of methoxy groups -OCH3 is 1. The van der Waals surface area contributed by atoms with Crippen LogP contribution in [0.25, 0.3) is 22.4 Å². The van der Waals surface area contributed by atoms with Gasteiger partial charge in [-0.3, -0.25) is 9.59 Å². The molecule has 4 heterocycles. The Morgan fingerprint density at radius 3 is 2.72 bits per heavy atom. The van der Waals surface area contributed by atoms with Gasteiger partial charge in [0.15, 0.2) is 17.3 Å². The van der Waals surface area contributed by atoms with Crippen LogP contribution in [0.15, 0.2) is 67.1 Å². The predicted molar refractivity (Wildman–Crippen MR) is 159 cm³/mol. The molecule has 0 radical (unpaired) electrons. The zero-order valence-corrected chi connectivity index (χ0v) is 23.8. The summed E-state index contributed by atoms with van der Waals surface area (Å²) in [5, 5.41) is 11.5. The Labute approximate surface area is 247 Å². The van der Waals surface area contributed by atoms with E-state index >= 15 is 0 Å². The molecule has 0 saturated carbocycles. The highest BCUT2D eigenvalue weighted by atomic mass is 16.5. The lowest BCUT2D eigenvalue weighted by atomic mass is 10.2. The van der Waals surface area contributed by atoms with Crippen molar-refractivity contribution in [3.05, 3.63) is 78.5 Å². The van der Waals surface area contributed by atoms with Crippen LogP contribution in [0, 0.1) is 0 Å². The second kappa shape index (κ2) is 12.2. The third kappa shape index (κ3) is 5.96. The number of fused-ring (bicyclic) bond motifs is 4. The number of nitrogens with one attached hydrogen (secondary N) is 3. The van der Waals surface area contributed by atoms with Crippen LogP contribution in [0.3, 0.4) is 0 Å². The van der Waals surface area contributed by atoms with Crippen LogP contribution in [0.4, 0.5) is 5.82 Å². The predicted octanol–water partition coefficient (Wildman–Crippen LogP) is 2.73. The van der Waals surface area contributed by atoms with E-state index in [9.17, 15) is 9.59 Å². The molecule has 13 nitrogen and oxygen atoms in total. The molecular weight excluding hydrogens is 550 g/mol. The first-order valence-corrected chi connectivity index (χ1v) is 13.9. The number of carbonyl (C=O) groups is 2. The molecule has 3 aromatic heterocycles. The van der Waals surface area contributed by atoms with Gasteiger partial charge in [0, 0.05) is 30.4 Å². The molecule has 3 N–H and O–H groups in total. The first-order valence-electron chi connectivity index (χ1n) is 13.9. The summed E-state index contributed by atoms with van der Waals surface area (Å²) < 4.78 is 13.3. The number of aromatic amines is 1. The van der Waals surface area contributed by atoms with E-state index in [0.717, 1.165) is 10.9 Å². The highest BCUT2D eigenvalue weighted by molar-refractivity contribution is 5.95. The van der Waals surface area contributed by atoms with Crippen LogP contribution in [-0.4, -0.2) is 74.9 Å². The third-order valence-electron chi connectivity index (χ3n) is 7.12. The number of rotatable bonds is 3. The largest absolute Gasteiger partial charge is 0.493 e. The molecule has 43 heavy (non-hydrogen) atoms. The van der Waals surface area contributed by atoms with Gasteiger partial charge in [-0.25, -0.2) is 19.6 Å². The van der Waals surface area contributed by atoms with Gasteiger partial charge in [0.25, 0.3) is 5.91 Å². The fourth-order valence-corrected chi connectivity index (χ4v) is 5.02. The average Bonchev–Trinajstić information content (AvgIpc) is 3.68. The number of carbonyl (C=O) groups excluding carboxylic acids is 2.